The molecule has 1 amide bonds. The zero-order valence-electron chi connectivity index (χ0n) is 13.9. The lowest BCUT2D eigenvalue weighted by molar-refractivity contribution is -0.141. The quantitative estimate of drug-likeness (QED) is 0.869. The molecule has 24 heavy (non-hydrogen) atoms. The molecule has 1 aromatic carbocycles. The van der Waals surface area contributed by atoms with Gasteiger partial charge < -0.3 is 10.0 Å². The van der Waals surface area contributed by atoms with Crippen molar-refractivity contribution in [1.82, 2.24) is 14.7 Å². The van der Waals surface area contributed by atoms with Crippen LogP contribution in [0.5, 0.6) is 0 Å². The molecule has 7 heteroatoms. The van der Waals surface area contributed by atoms with Crippen molar-refractivity contribution in [2.45, 2.75) is 20.8 Å². The lowest BCUT2D eigenvalue weighted by atomic mass is 10.1. The molecule has 6 nitrogen and oxygen atoms in total. The first-order valence-corrected chi connectivity index (χ1v) is 8.05. The molecule has 1 N–H and O–H groups in total. The van der Waals surface area contributed by atoms with Crippen LogP contribution in [0.4, 0.5) is 0 Å². The van der Waals surface area contributed by atoms with Crippen molar-refractivity contribution in [3.05, 3.63) is 46.7 Å². The van der Waals surface area contributed by atoms with E-state index < -0.39 is 11.9 Å². The Morgan fingerprint density at radius 2 is 1.96 bits per heavy atom. The van der Waals surface area contributed by atoms with Gasteiger partial charge in [0.2, 0.25) is 0 Å². The Balaban J connectivity index is 2.26. The molecule has 0 aliphatic rings. The minimum atomic E-state index is -0.921. The number of carbonyl (C=O) groups excluding carboxylic acids is 1. The number of amides is 1. The highest BCUT2D eigenvalue weighted by atomic mass is 35.5. The third-order valence-electron chi connectivity index (χ3n) is 3.81. The van der Waals surface area contributed by atoms with Crippen molar-refractivity contribution in [2.75, 3.05) is 13.1 Å². The summed E-state index contributed by atoms with van der Waals surface area (Å²) in [5.74, 6) is -1.77. The minimum absolute atomic E-state index is 0.163. The fourth-order valence-corrected chi connectivity index (χ4v) is 2.46. The normalized spacial score (nSPS) is 12.0. The molecule has 0 saturated carbocycles. The van der Waals surface area contributed by atoms with Gasteiger partial charge in [-0.1, -0.05) is 18.5 Å². The highest BCUT2D eigenvalue weighted by Crippen LogP contribution is 2.17. The second-order valence-electron chi connectivity index (χ2n) is 5.63. The summed E-state index contributed by atoms with van der Waals surface area (Å²) in [6.07, 6.45) is 1.66. The van der Waals surface area contributed by atoms with Gasteiger partial charge in [0, 0.05) is 24.3 Å². The maximum absolute atomic E-state index is 12.7. The molecule has 1 atom stereocenters. The fourth-order valence-electron chi connectivity index (χ4n) is 2.33. The molecule has 0 radical (unpaired) electrons. The fraction of sp³-hybridized carbons (Fsp3) is 0.353. The number of aryl methyl sites for hydroxylation is 1. The number of aromatic nitrogens is 2. The van der Waals surface area contributed by atoms with Gasteiger partial charge in [-0.3, -0.25) is 9.59 Å². The van der Waals surface area contributed by atoms with Crippen molar-refractivity contribution in [2.24, 2.45) is 5.92 Å². The summed E-state index contributed by atoms with van der Waals surface area (Å²) in [5.41, 5.74) is 1.85. The van der Waals surface area contributed by atoms with E-state index in [4.69, 9.17) is 16.7 Å². The van der Waals surface area contributed by atoms with E-state index in [1.54, 1.807) is 36.9 Å². The van der Waals surface area contributed by atoms with Crippen molar-refractivity contribution in [3.8, 4) is 5.69 Å². The van der Waals surface area contributed by atoms with Gasteiger partial charge in [0.05, 0.1) is 22.9 Å². The van der Waals surface area contributed by atoms with Gasteiger partial charge in [-0.05, 0) is 38.1 Å². The molecule has 0 saturated heterocycles. The van der Waals surface area contributed by atoms with Crippen LogP contribution in [0, 0.1) is 12.8 Å². The molecule has 0 fully saturated rings. The monoisotopic (exact) mass is 349 g/mol. The first-order valence-electron chi connectivity index (χ1n) is 7.67. The number of carbonyl (C=O) groups is 2. The highest BCUT2D eigenvalue weighted by Gasteiger charge is 2.23. The second kappa shape index (κ2) is 7.49. The van der Waals surface area contributed by atoms with E-state index in [-0.39, 0.29) is 12.5 Å². The number of nitrogens with zero attached hydrogens (tertiary/aromatic N) is 3. The third kappa shape index (κ3) is 3.94. The molecular formula is C17H20ClN3O3. The maximum Gasteiger partial charge on any atom is 0.308 e. The van der Waals surface area contributed by atoms with Crippen LogP contribution in [-0.4, -0.2) is 44.8 Å². The predicted molar refractivity (Wildman–Crippen MR) is 91.7 cm³/mol. The van der Waals surface area contributed by atoms with Gasteiger partial charge in [0.15, 0.2) is 0 Å². The average Bonchev–Trinajstić information content (AvgIpc) is 2.94. The van der Waals surface area contributed by atoms with E-state index in [9.17, 15) is 9.59 Å². The molecule has 0 unspecified atom stereocenters. The Bertz CT molecular complexity index is 740. The predicted octanol–water partition coefficient (Wildman–Crippen LogP) is 3.02. The van der Waals surface area contributed by atoms with E-state index in [1.807, 2.05) is 19.1 Å². The minimum Gasteiger partial charge on any atom is -0.481 e. The Hall–Kier alpha value is -2.34. The van der Waals surface area contributed by atoms with Crippen molar-refractivity contribution < 1.29 is 14.7 Å². The smallest absolute Gasteiger partial charge is 0.308 e. The summed E-state index contributed by atoms with van der Waals surface area (Å²) in [6, 6.07) is 7.13. The second-order valence-corrected chi connectivity index (χ2v) is 6.07. The summed E-state index contributed by atoms with van der Waals surface area (Å²) >= 11 is 5.88. The highest BCUT2D eigenvalue weighted by molar-refractivity contribution is 6.30. The Morgan fingerprint density at radius 3 is 2.50 bits per heavy atom. The van der Waals surface area contributed by atoms with Gasteiger partial charge in [-0.15, -0.1) is 0 Å². The van der Waals surface area contributed by atoms with Crippen molar-refractivity contribution in [1.29, 1.82) is 0 Å². The number of rotatable bonds is 6. The van der Waals surface area contributed by atoms with Gasteiger partial charge in [0.25, 0.3) is 5.91 Å². The van der Waals surface area contributed by atoms with E-state index in [0.717, 1.165) is 5.69 Å². The lowest BCUT2D eigenvalue weighted by Gasteiger charge is -2.22. The van der Waals surface area contributed by atoms with Crippen molar-refractivity contribution >= 4 is 23.5 Å². The summed E-state index contributed by atoms with van der Waals surface area (Å²) in [6.45, 7) is 5.76. The molecule has 128 valence electrons. The molecular weight excluding hydrogens is 330 g/mol. The number of aliphatic carboxylic acids is 1. The number of hydrogen-bond donors (Lipinski definition) is 1. The molecule has 0 spiro atoms. The number of halogens is 1. The summed E-state index contributed by atoms with van der Waals surface area (Å²) in [5, 5.41) is 14.0. The summed E-state index contributed by atoms with van der Waals surface area (Å²) in [4.78, 5) is 25.3. The summed E-state index contributed by atoms with van der Waals surface area (Å²) in [7, 11) is 0. The van der Waals surface area contributed by atoms with Crippen LogP contribution in [0.25, 0.3) is 5.69 Å². The van der Waals surface area contributed by atoms with E-state index in [2.05, 4.69) is 5.10 Å². The first kappa shape index (κ1) is 18.0. The molecule has 1 aromatic heterocycles. The average molecular weight is 350 g/mol. The van der Waals surface area contributed by atoms with Crippen molar-refractivity contribution in [3.63, 3.8) is 0 Å². The maximum atomic E-state index is 12.7. The van der Waals surface area contributed by atoms with Crippen LogP contribution in [0.15, 0.2) is 30.5 Å². The van der Waals surface area contributed by atoms with E-state index >= 15 is 0 Å². The SMILES string of the molecule is CCN(C[C@@H](C)C(=O)O)C(=O)c1cn(-c2ccc(Cl)cc2)nc1C. The molecule has 0 aliphatic heterocycles. The van der Waals surface area contributed by atoms with Crippen LogP contribution in [-0.2, 0) is 4.79 Å². The molecule has 1 heterocycles. The Kier molecular flexibility index (Phi) is 5.62. The van der Waals surface area contributed by atoms with Gasteiger partial charge in [-0.2, -0.15) is 5.10 Å². The molecule has 0 aliphatic carbocycles. The molecule has 2 rings (SSSR count). The number of carboxylic acids is 1. The van der Waals surface area contributed by atoms with Crippen LogP contribution in [0.3, 0.4) is 0 Å². The van der Waals surface area contributed by atoms with E-state index in [1.165, 1.54) is 4.90 Å². The van der Waals surface area contributed by atoms with Gasteiger partial charge >= 0.3 is 5.97 Å². The van der Waals surface area contributed by atoms with Crippen LogP contribution in [0.1, 0.15) is 29.9 Å². The largest absolute Gasteiger partial charge is 0.481 e. The molecule has 0 bridgehead atoms. The Morgan fingerprint density at radius 1 is 1.33 bits per heavy atom. The zero-order valence-corrected chi connectivity index (χ0v) is 14.6. The standard InChI is InChI=1S/C17H20ClN3O3/c1-4-20(9-11(2)17(23)24)16(22)15-10-21(19-12(15)3)14-7-5-13(18)6-8-14/h5-8,10-11H,4,9H2,1-3H3,(H,23,24)/t11-/m1/s1. The van der Waals surface area contributed by atoms with E-state index in [0.29, 0.717) is 22.8 Å². The third-order valence-corrected chi connectivity index (χ3v) is 4.06. The van der Waals surface area contributed by atoms with Crippen LogP contribution >= 0.6 is 11.6 Å². The first-order chi connectivity index (χ1) is 11.3. The molecule has 2 aromatic rings. The zero-order chi connectivity index (χ0) is 17.9. The van der Waals surface area contributed by atoms with Gasteiger partial charge in [0.1, 0.15) is 0 Å². The summed E-state index contributed by atoms with van der Waals surface area (Å²) < 4.78 is 1.62. The van der Waals surface area contributed by atoms with Gasteiger partial charge in [-0.25, -0.2) is 4.68 Å². The Labute approximate surface area is 145 Å². The topological polar surface area (TPSA) is 75.4 Å². The number of carboxylic acid groups (broad SMARTS) is 1. The number of benzene rings is 1. The number of hydrogen-bond acceptors (Lipinski definition) is 3. The van der Waals surface area contributed by atoms with Crippen LogP contribution < -0.4 is 0 Å². The van der Waals surface area contributed by atoms with Crippen LogP contribution in [0.2, 0.25) is 5.02 Å². The lowest BCUT2D eigenvalue weighted by Crippen LogP contribution is -2.36.